The first-order chi connectivity index (χ1) is 7.06. The molecule has 0 aliphatic rings. The number of carbonyl (C=O) groups is 1. The second-order valence-corrected chi connectivity index (χ2v) is 3.29. The maximum absolute atomic E-state index is 11.0. The van der Waals surface area contributed by atoms with Gasteiger partial charge in [-0.1, -0.05) is 6.07 Å². The van der Waals surface area contributed by atoms with Gasteiger partial charge in [0.15, 0.2) is 0 Å². The molecule has 0 spiro atoms. The van der Waals surface area contributed by atoms with E-state index in [0.717, 1.165) is 11.1 Å². The zero-order valence-electron chi connectivity index (χ0n) is 8.92. The Bertz CT molecular complexity index is 446. The molecule has 0 saturated carbocycles. The zero-order chi connectivity index (χ0) is 11.4. The summed E-state index contributed by atoms with van der Waals surface area (Å²) in [7, 11) is 0. The summed E-state index contributed by atoms with van der Waals surface area (Å²) in [5.74, 6) is -0.145. The van der Waals surface area contributed by atoms with Crippen LogP contribution in [0.4, 0.5) is 11.4 Å². The minimum Gasteiger partial charge on any atom is -0.326 e. The summed E-state index contributed by atoms with van der Waals surface area (Å²) in [5, 5.41) is 2.71. The van der Waals surface area contributed by atoms with Gasteiger partial charge in [-0.3, -0.25) is 4.79 Å². The van der Waals surface area contributed by atoms with Gasteiger partial charge in [0.2, 0.25) is 12.0 Å². The van der Waals surface area contributed by atoms with E-state index < -0.39 is 0 Å². The van der Waals surface area contributed by atoms with Crippen LogP contribution in [0.15, 0.2) is 17.1 Å². The van der Waals surface area contributed by atoms with E-state index >= 15 is 0 Å². The molecule has 4 heteroatoms. The fourth-order valence-corrected chi connectivity index (χ4v) is 1.37. The number of aryl methyl sites for hydroxylation is 1. The number of nitrogens with one attached hydrogen (secondary N) is 1. The number of hydrogen-bond acceptors (Lipinski definition) is 3. The summed E-state index contributed by atoms with van der Waals surface area (Å²) >= 11 is 0. The lowest BCUT2D eigenvalue weighted by Crippen LogP contribution is -2.08. The number of hydrogen-bond donors (Lipinski definition) is 1. The van der Waals surface area contributed by atoms with Gasteiger partial charge >= 0.3 is 0 Å². The van der Waals surface area contributed by atoms with Crippen molar-refractivity contribution in [2.24, 2.45) is 4.99 Å². The van der Waals surface area contributed by atoms with Crippen LogP contribution in [0, 0.1) is 13.8 Å². The smallest absolute Gasteiger partial charge is 0.240 e. The van der Waals surface area contributed by atoms with E-state index in [0.29, 0.717) is 11.4 Å². The third-order valence-corrected chi connectivity index (χ3v) is 2.11. The molecular formula is C11H12N2O2. The number of isocyanates is 1. The summed E-state index contributed by atoms with van der Waals surface area (Å²) in [6.45, 7) is 5.12. The monoisotopic (exact) mass is 204 g/mol. The fourth-order valence-electron chi connectivity index (χ4n) is 1.37. The van der Waals surface area contributed by atoms with E-state index in [1.807, 2.05) is 6.92 Å². The lowest BCUT2D eigenvalue weighted by atomic mass is 10.1. The molecule has 4 nitrogen and oxygen atoms in total. The highest BCUT2D eigenvalue weighted by atomic mass is 16.1. The average Bonchev–Trinajstić information content (AvgIpc) is 2.17. The van der Waals surface area contributed by atoms with Crippen molar-refractivity contribution in [1.82, 2.24) is 0 Å². The lowest BCUT2D eigenvalue weighted by Gasteiger charge is -2.11. The summed E-state index contributed by atoms with van der Waals surface area (Å²) in [6.07, 6.45) is 1.49. The quantitative estimate of drug-likeness (QED) is 0.593. The molecule has 0 aromatic heterocycles. The molecule has 15 heavy (non-hydrogen) atoms. The minimum absolute atomic E-state index is 0.145. The van der Waals surface area contributed by atoms with Crippen molar-refractivity contribution in [3.63, 3.8) is 0 Å². The Morgan fingerprint density at radius 3 is 2.60 bits per heavy atom. The van der Waals surface area contributed by atoms with Gasteiger partial charge in [-0.15, -0.1) is 0 Å². The molecule has 0 bridgehead atoms. The van der Waals surface area contributed by atoms with Gasteiger partial charge < -0.3 is 5.32 Å². The van der Waals surface area contributed by atoms with Gasteiger partial charge in [-0.25, -0.2) is 4.79 Å². The Kier molecular flexibility index (Phi) is 3.37. The van der Waals surface area contributed by atoms with Crippen molar-refractivity contribution in [3.05, 3.63) is 23.3 Å². The normalized spacial score (nSPS) is 9.27. The van der Waals surface area contributed by atoms with Crippen molar-refractivity contribution >= 4 is 23.4 Å². The molecule has 0 unspecified atom stereocenters. The van der Waals surface area contributed by atoms with E-state index in [1.54, 1.807) is 19.1 Å². The molecular weight excluding hydrogens is 192 g/mol. The summed E-state index contributed by atoms with van der Waals surface area (Å²) in [5.41, 5.74) is 2.94. The number of amides is 1. The number of benzene rings is 1. The van der Waals surface area contributed by atoms with Gasteiger partial charge in [-0.05, 0) is 31.0 Å². The third-order valence-electron chi connectivity index (χ3n) is 2.11. The topological polar surface area (TPSA) is 58.5 Å². The first-order valence-corrected chi connectivity index (χ1v) is 4.52. The Balaban J connectivity index is 3.29. The first-order valence-electron chi connectivity index (χ1n) is 4.52. The maximum Gasteiger partial charge on any atom is 0.240 e. The Morgan fingerprint density at radius 1 is 1.40 bits per heavy atom. The highest BCUT2D eigenvalue weighted by Gasteiger charge is 2.07. The number of rotatable bonds is 2. The number of aliphatic imine (C=N–C) groups is 1. The van der Waals surface area contributed by atoms with Gasteiger partial charge in [0.05, 0.1) is 5.69 Å². The lowest BCUT2D eigenvalue weighted by molar-refractivity contribution is -0.114. The van der Waals surface area contributed by atoms with Crippen LogP contribution < -0.4 is 5.32 Å². The summed E-state index contributed by atoms with van der Waals surface area (Å²) in [4.78, 5) is 24.7. The van der Waals surface area contributed by atoms with Crippen LogP contribution in [0.2, 0.25) is 0 Å². The van der Waals surface area contributed by atoms with Crippen LogP contribution in [0.1, 0.15) is 18.1 Å². The average molecular weight is 204 g/mol. The molecule has 1 aromatic rings. The molecule has 1 aromatic carbocycles. The minimum atomic E-state index is -0.145. The van der Waals surface area contributed by atoms with E-state index in [1.165, 1.54) is 13.0 Å². The molecule has 0 aliphatic carbocycles. The Labute approximate surface area is 88.0 Å². The van der Waals surface area contributed by atoms with Gasteiger partial charge in [-0.2, -0.15) is 4.99 Å². The van der Waals surface area contributed by atoms with Crippen LogP contribution in [-0.2, 0) is 9.59 Å². The molecule has 1 amide bonds. The van der Waals surface area contributed by atoms with Gasteiger partial charge in [0.25, 0.3) is 0 Å². The van der Waals surface area contributed by atoms with Crippen LogP contribution in [0.5, 0.6) is 0 Å². The molecule has 1 rings (SSSR count). The largest absolute Gasteiger partial charge is 0.326 e. The Morgan fingerprint density at radius 2 is 2.07 bits per heavy atom. The van der Waals surface area contributed by atoms with Crippen LogP contribution in [0.25, 0.3) is 0 Å². The molecule has 78 valence electrons. The van der Waals surface area contributed by atoms with E-state index in [-0.39, 0.29) is 5.91 Å². The van der Waals surface area contributed by atoms with Crippen molar-refractivity contribution in [1.29, 1.82) is 0 Å². The zero-order valence-corrected chi connectivity index (χ0v) is 8.92. The highest BCUT2D eigenvalue weighted by Crippen LogP contribution is 2.28. The maximum atomic E-state index is 11.0. The highest BCUT2D eigenvalue weighted by molar-refractivity contribution is 5.91. The fraction of sp³-hybridized carbons (Fsp3) is 0.273. The van der Waals surface area contributed by atoms with Crippen molar-refractivity contribution < 1.29 is 9.59 Å². The third kappa shape index (κ3) is 2.51. The Hall–Kier alpha value is -1.93. The van der Waals surface area contributed by atoms with E-state index in [9.17, 15) is 9.59 Å². The second-order valence-electron chi connectivity index (χ2n) is 3.29. The van der Waals surface area contributed by atoms with Crippen molar-refractivity contribution in [2.75, 3.05) is 5.32 Å². The molecule has 0 radical (unpaired) electrons. The molecule has 0 aliphatic heterocycles. The number of anilines is 1. The van der Waals surface area contributed by atoms with Crippen LogP contribution in [-0.4, -0.2) is 12.0 Å². The molecule has 0 fully saturated rings. The molecule has 0 atom stereocenters. The van der Waals surface area contributed by atoms with Crippen LogP contribution >= 0.6 is 0 Å². The predicted octanol–water partition coefficient (Wildman–Crippen LogP) is 2.23. The second kappa shape index (κ2) is 4.53. The predicted molar refractivity (Wildman–Crippen MR) is 58.0 cm³/mol. The number of carbonyl (C=O) groups excluding carboxylic acids is 2. The van der Waals surface area contributed by atoms with Crippen LogP contribution in [0.3, 0.4) is 0 Å². The summed E-state index contributed by atoms with van der Waals surface area (Å²) in [6, 6.07) is 3.52. The first kappa shape index (κ1) is 11.1. The molecule has 0 saturated heterocycles. The molecule has 0 heterocycles. The van der Waals surface area contributed by atoms with Crippen molar-refractivity contribution in [3.8, 4) is 0 Å². The van der Waals surface area contributed by atoms with E-state index in [4.69, 9.17) is 0 Å². The number of nitrogens with zero attached hydrogens (tertiary/aromatic N) is 1. The standard InChI is InChI=1S/C11H12N2O2/c1-7-4-5-10(12-6-14)8(2)11(7)13-9(3)15/h4-5H,1-3H3,(H,13,15). The van der Waals surface area contributed by atoms with Gasteiger partial charge in [0, 0.05) is 12.6 Å². The summed E-state index contributed by atoms with van der Waals surface area (Å²) < 4.78 is 0. The van der Waals surface area contributed by atoms with Gasteiger partial charge in [0.1, 0.15) is 0 Å². The van der Waals surface area contributed by atoms with E-state index in [2.05, 4.69) is 10.3 Å². The molecule has 1 N–H and O–H groups in total. The SMILES string of the molecule is CC(=O)Nc1c(C)ccc(N=C=O)c1C. The van der Waals surface area contributed by atoms with Crippen molar-refractivity contribution in [2.45, 2.75) is 20.8 Å².